The zero-order valence-electron chi connectivity index (χ0n) is 12.2. The van der Waals surface area contributed by atoms with E-state index in [1.54, 1.807) is 0 Å². The number of rotatable bonds is 12. The normalized spacial score (nSPS) is 14.1. The Morgan fingerprint density at radius 2 is 1.89 bits per heavy atom. The maximum Gasteiger partial charge on any atom is 0.236 e. The SMILES string of the molecule is CNCCC[C@H](N)C(=O)NCCCC[C@@H](CO)NC. The first-order chi connectivity index (χ1) is 9.15. The molecule has 0 aromatic heterocycles. The van der Waals surface area contributed by atoms with Gasteiger partial charge in [0.15, 0.2) is 0 Å². The van der Waals surface area contributed by atoms with Crippen molar-refractivity contribution in [2.24, 2.45) is 5.73 Å². The van der Waals surface area contributed by atoms with Gasteiger partial charge in [0, 0.05) is 12.6 Å². The molecule has 0 aromatic rings. The third-order valence-corrected chi connectivity index (χ3v) is 3.19. The lowest BCUT2D eigenvalue weighted by atomic mass is 10.1. The van der Waals surface area contributed by atoms with Crippen molar-refractivity contribution in [2.75, 3.05) is 33.8 Å². The van der Waals surface area contributed by atoms with Crippen LogP contribution in [-0.4, -0.2) is 56.9 Å². The summed E-state index contributed by atoms with van der Waals surface area (Å²) in [5, 5.41) is 17.9. The van der Waals surface area contributed by atoms with Gasteiger partial charge in [0.1, 0.15) is 0 Å². The van der Waals surface area contributed by atoms with Crippen molar-refractivity contribution in [1.29, 1.82) is 0 Å². The fraction of sp³-hybridized carbons (Fsp3) is 0.923. The number of nitrogens with two attached hydrogens (primary N) is 1. The Balaban J connectivity index is 3.51. The molecule has 0 fully saturated rings. The molecule has 2 atom stereocenters. The van der Waals surface area contributed by atoms with E-state index in [1.807, 2.05) is 14.1 Å². The quantitative estimate of drug-likeness (QED) is 0.299. The Morgan fingerprint density at radius 3 is 2.47 bits per heavy atom. The highest BCUT2D eigenvalue weighted by atomic mass is 16.3. The van der Waals surface area contributed by atoms with Gasteiger partial charge in [-0.1, -0.05) is 6.42 Å². The number of aliphatic hydroxyl groups is 1. The van der Waals surface area contributed by atoms with Crippen molar-refractivity contribution in [3.63, 3.8) is 0 Å². The summed E-state index contributed by atoms with van der Waals surface area (Å²) in [4.78, 5) is 11.6. The van der Waals surface area contributed by atoms with Gasteiger partial charge in [0.05, 0.1) is 12.6 Å². The lowest BCUT2D eigenvalue weighted by molar-refractivity contribution is -0.122. The lowest BCUT2D eigenvalue weighted by Crippen LogP contribution is -2.41. The molecule has 1 amide bonds. The Bertz CT molecular complexity index is 223. The van der Waals surface area contributed by atoms with Gasteiger partial charge in [-0.05, 0) is 46.3 Å². The first kappa shape index (κ1) is 18.3. The molecule has 0 unspecified atom stereocenters. The summed E-state index contributed by atoms with van der Waals surface area (Å²) < 4.78 is 0. The summed E-state index contributed by atoms with van der Waals surface area (Å²) in [7, 11) is 3.73. The monoisotopic (exact) mass is 274 g/mol. The number of unbranched alkanes of at least 4 members (excludes halogenated alkanes) is 1. The number of hydrogen-bond donors (Lipinski definition) is 5. The summed E-state index contributed by atoms with van der Waals surface area (Å²) in [5.74, 6) is -0.0663. The van der Waals surface area contributed by atoms with Crippen molar-refractivity contribution in [3.8, 4) is 0 Å². The maximum absolute atomic E-state index is 11.6. The molecule has 0 spiro atoms. The van der Waals surface area contributed by atoms with Crippen LogP contribution in [0, 0.1) is 0 Å². The summed E-state index contributed by atoms with van der Waals surface area (Å²) in [5.41, 5.74) is 5.78. The van der Waals surface area contributed by atoms with Gasteiger partial charge in [0.25, 0.3) is 0 Å². The van der Waals surface area contributed by atoms with E-state index in [0.29, 0.717) is 13.0 Å². The van der Waals surface area contributed by atoms with E-state index in [4.69, 9.17) is 10.8 Å². The van der Waals surface area contributed by atoms with Gasteiger partial charge in [-0.15, -0.1) is 0 Å². The molecule has 0 aromatic carbocycles. The zero-order chi connectivity index (χ0) is 14.5. The second kappa shape index (κ2) is 12.3. The number of aliphatic hydroxyl groups excluding tert-OH is 1. The predicted molar refractivity (Wildman–Crippen MR) is 77.9 cm³/mol. The molecule has 0 aliphatic carbocycles. The Morgan fingerprint density at radius 1 is 1.16 bits per heavy atom. The topological polar surface area (TPSA) is 99.4 Å². The third kappa shape index (κ3) is 9.84. The van der Waals surface area contributed by atoms with Gasteiger partial charge in [-0.25, -0.2) is 0 Å². The minimum atomic E-state index is -0.407. The number of hydrogen-bond acceptors (Lipinski definition) is 5. The van der Waals surface area contributed by atoms with Crippen molar-refractivity contribution < 1.29 is 9.90 Å². The van der Waals surface area contributed by atoms with Crippen LogP contribution in [0.5, 0.6) is 0 Å². The molecule has 0 saturated heterocycles. The van der Waals surface area contributed by atoms with E-state index in [0.717, 1.165) is 32.2 Å². The van der Waals surface area contributed by atoms with Crippen LogP contribution in [0.4, 0.5) is 0 Å². The second-order valence-corrected chi connectivity index (χ2v) is 4.81. The smallest absolute Gasteiger partial charge is 0.236 e. The van der Waals surface area contributed by atoms with E-state index in [9.17, 15) is 4.79 Å². The number of carbonyl (C=O) groups excluding carboxylic acids is 1. The Hall–Kier alpha value is -0.690. The maximum atomic E-state index is 11.6. The molecular weight excluding hydrogens is 244 g/mol. The second-order valence-electron chi connectivity index (χ2n) is 4.81. The summed E-state index contributed by atoms with van der Waals surface area (Å²) >= 11 is 0. The van der Waals surface area contributed by atoms with Crippen molar-refractivity contribution >= 4 is 5.91 Å². The fourth-order valence-electron chi connectivity index (χ4n) is 1.82. The van der Waals surface area contributed by atoms with Gasteiger partial charge in [-0.2, -0.15) is 0 Å². The van der Waals surface area contributed by atoms with Crippen LogP contribution in [0.15, 0.2) is 0 Å². The molecule has 6 N–H and O–H groups in total. The molecule has 0 aliphatic heterocycles. The summed E-state index contributed by atoms with van der Waals surface area (Å²) in [6.45, 7) is 1.69. The molecule has 0 rings (SSSR count). The van der Waals surface area contributed by atoms with Gasteiger partial charge < -0.3 is 26.8 Å². The third-order valence-electron chi connectivity index (χ3n) is 3.19. The highest BCUT2D eigenvalue weighted by molar-refractivity contribution is 5.81. The molecule has 19 heavy (non-hydrogen) atoms. The number of nitrogens with one attached hydrogen (secondary N) is 3. The van der Waals surface area contributed by atoms with Crippen LogP contribution in [0.1, 0.15) is 32.1 Å². The molecular formula is C13H30N4O2. The molecule has 6 nitrogen and oxygen atoms in total. The minimum Gasteiger partial charge on any atom is -0.395 e. The van der Waals surface area contributed by atoms with E-state index in [-0.39, 0.29) is 18.6 Å². The fourth-order valence-corrected chi connectivity index (χ4v) is 1.82. The van der Waals surface area contributed by atoms with Crippen LogP contribution < -0.4 is 21.7 Å². The zero-order valence-corrected chi connectivity index (χ0v) is 12.2. The number of likely N-dealkylation sites (N-methyl/N-ethyl adjacent to an activating group) is 1. The van der Waals surface area contributed by atoms with Crippen LogP contribution in [0.2, 0.25) is 0 Å². The van der Waals surface area contributed by atoms with Gasteiger partial charge in [-0.3, -0.25) is 4.79 Å². The highest BCUT2D eigenvalue weighted by Crippen LogP contribution is 2.00. The summed E-state index contributed by atoms with van der Waals surface area (Å²) in [6.07, 6.45) is 4.41. The van der Waals surface area contributed by atoms with Crippen molar-refractivity contribution in [2.45, 2.75) is 44.2 Å². The molecule has 6 heteroatoms. The van der Waals surface area contributed by atoms with E-state index >= 15 is 0 Å². The van der Waals surface area contributed by atoms with E-state index < -0.39 is 6.04 Å². The lowest BCUT2D eigenvalue weighted by Gasteiger charge is -2.14. The first-order valence-electron chi connectivity index (χ1n) is 7.11. The molecule has 114 valence electrons. The standard InChI is InChI=1S/C13H30N4O2/c1-15-8-5-7-12(14)13(19)17-9-4-3-6-11(10-18)16-2/h11-12,15-16,18H,3-10,14H2,1-2H3,(H,17,19)/t11-,12-/m0/s1. The van der Waals surface area contributed by atoms with Crippen LogP contribution in [-0.2, 0) is 4.79 Å². The van der Waals surface area contributed by atoms with Gasteiger partial charge >= 0.3 is 0 Å². The minimum absolute atomic E-state index is 0.0663. The van der Waals surface area contributed by atoms with E-state index in [1.165, 1.54) is 0 Å². The number of carbonyl (C=O) groups is 1. The van der Waals surface area contributed by atoms with Crippen LogP contribution in [0.3, 0.4) is 0 Å². The number of amides is 1. The van der Waals surface area contributed by atoms with Crippen molar-refractivity contribution in [1.82, 2.24) is 16.0 Å². The van der Waals surface area contributed by atoms with Crippen LogP contribution >= 0.6 is 0 Å². The highest BCUT2D eigenvalue weighted by Gasteiger charge is 2.11. The Labute approximate surface area is 116 Å². The molecule has 0 aliphatic rings. The average Bonchev–Trinajstić information content (AvgIpc) is 2.42. The van der Waals surface area contributed by atoms with E-state index in [2.05, 4.69) is 16.0 Å². The Kier molecular flexibility index (Phi) is 11.9. The average molecular weight is 274 g/mol. The molecule has 0 radical (unpaired) electrons. The van der Waals surface area contributed by atoms with Gasteiger partial charge in [0.2, 0.25) is 5.91 Å². The largest absolute Gasteiger partial charge is 0.395 e. The predicted octanol–water partition coefficient (Wildman–Crippen LogP) is -0.820. The molecule has 0 saturated carbocycles. The van der Waals surface area contributed by atoms with Crippen molar-refractivity contribution in [3.05, 3.63) is 0 Å². The molecule has 0 heterocycles. The van der Waals surface area contributed by atoms with Crippen LogP contribution in [0.25, 0.3) is 0 Å². The molecule has 0 bridgehead atoms. The first-order valence-corrected chi connectivity index (χ1v) is 7.11. The summed E-state index contributed by atoms with van der Waals surface area (Å²) in [6, 6.07) is -0.254.